The van der Waals surface area contributed by atoms with E-state index in [0.717, 1.165) is 15.8 Å². The normalized spacial score (nSPS) is 18.3. The molecule has 1 aromatic heterocycles. The molecule has 0 unspecified atom stereocenters. The largest absolute Gasteiger partial charge is 0.410 e. The van der Waals surface area contributed by atoms with Crippen molar-refractivity contribution in [2.45, 2.75) is 31.6 Å². The maximum atomic E-state index is 13.8. The van der Waals surface area contributed by atoms with Crippen molar-refractivity contribution in [3.8, 4) is 0 Å². The minimum Gasteiger partial charge on any atom is -0.363 e. The number of amides is 1. The molecule has 4 rings (SSSR count). The Balaban J connectivity index is 1.63. The summed E-state index contributed by atoms with van der Waals surface area (Å²) in [5.41, 5.74) is 1.95. The molecule has 0 bridgehead atoms. The number of rotatable bonds is 3. The summed E-state index contributed by atoms with van der Waals surface area (Å²) in [7, 11) is 0. The number of aromatic nitrogens is 2. The van der Waals surface area contributed by atoms with Crippen LogP contribution in [0.3, 0.4) is 0 Å². The van der Waals surface area contributed by atoms with Crippen LogP contribution in [0.25, 0.3) is 0 Å². The van der Waals surface area contributed by atoms with Crippen LogP contribution in [-0.2, 0) is 0 Å². The number of nitrogens with one attached hydrogen (secondary N) is 2. The molecule has 2 heterocycles. The molecular formula is C21H17Cl2F3N4O. The van der Waals surface area contributed by atoms with Crippen LogP contribution < -0.4 is 10.6 Å². The third kappa shape index (κ3) is 4.50. The first kappa shape index (κ1) is 21.5. The molecule has 3 aromatic rings. The van der Waals surface area contributed by atoms with Crippen LogP contribution >= 0.6 is 23.2 Å². The number of hydrogen-bond acceptors (Lipinski definition) is 3. The maximum Gasteiger partial charge on any atom is 0.410 e. The number of hydrogen-bond donors (Lipinski definition) is 2. The highest BCUT2D eigenvalue weighted by atomic mass is 35.5. The molecule has 0 radical (unpaired) electrons. The van der Waals surface area contributed by atoms with Crippen LogP contribution in [-0.4, -0.2) is 21.9 Å². The molecule has 31 heavy (non-hydrogen) atoms. The number of fused-ring (bicyclic) bond motifs is 1. The van der Waals surface area contributed by atoms with Gasteiger partial charge in [-0.05, 0) is 30.7 Å². The molecule has 2 N–H and O–H groups in total. The van der Waals surface area contributed by atoms with Gasteiger partial charge in [0, 0.05) is 18.2 Å². The number of alkyl halides is 3. The van der Waals surface area contributed by atoms with Gasteiger partial charge in [0.25, 0.3) is 5.91 Å². The Hall–Kier alpha value is -2.71. The fraction of sp³-hybridized carbons (Fsp3) is 0.238. The number of anilines is 2. The lowest BCUT2D eigenvalue weighted by Crippen LogP contribution is -2.35. The zero-order valence-electron chi connectivity index (χ0n) is 16.2. The van der Waals surface area contributed by atoms with Gasteiger partial charge in [-0.3, -0.25) is 4.79 Å². The molecule has 5 nitrogen and oxygen atoms in total. The van der Waals surface area contributed by atoms with Gasteiger partial charge in [0.05, 0.1) is 16.1 Å². The molecule has 1 aliphatic heterocycles. The molecule has 1 aliphatic rings. The highest BCUT2D eigenvalue weighted by molar-refractivity contribution is 6.42. The number of benzene rings is 2. The van der Waals surface area contributed by atoms with Gasteiger partial charge in [0.15, 0.2) is 11.7 Å². The number of carbonyl (C=O) groups is 1. The summed E-state index contributed by atoms with van der Waals surface area (Å²) in [6.07, 6.45) is -4.77. The summed E-state index contributed by atoms with van der Waals surface area (Å²) in [5.74, 6) is -0.534. The number of aryl methyl sites for hydroxylation is 1. The minimum absolute atomic E-state index is 0.124. The van der Waals surface area contributed by atoms with Gasteiger partial charge in [0.1, 0.15) is 5.82 Å². The molecule has 1 amide bonds. The third-order valence-electron chi connectivity index (χ3n) is 5.08. The second kappa shape index (κ2) is 8.09. The van der Waals surface area contributed by atoms with Gasteiger partial charge in [-0.15, -0.1) is 0 Å². The maximum absolute atomic E-state index is 13.8. The van der Waals surface area contributed by atoms with Crippen LogP contribution in [0.2, 0.25) is 10.0 Å². The smallest absolute Gasteiger partial charge is 0.363 e. The number of nitrogens with zero attached hydrogens (tertiary/aromatic N) is 2. The monoisotopic (exact) mass is 468 g/mol. The highest BCUT2D eigenvalue weighted by Gasteiger charge is 2.46. The molecule has 162 valence electrons. The summed E-state index contributed by atoms with van der Waals surface area (Å²) in [6.45, 7) is 1.91. The van der Waals surface area contributed by atoms with E-state index in [1.807, 2.05) is 19.1 Å². The third-order valence-corrected chi connectivity index (χ3v) is 5.82. The molecule has 10 heteroatoms. The Labute approximate surface area is 186 Å². The highest BCUT2D eigenvalue weighted by Crippen LogP contribution is 2.43. The van der Waals surface area contributed by atoms with E-state index in [0.29, 0.717) is 10.7 Å². The molecule has 0 fully saturated rings. The van der Waals surface area contributed by atoms with Gasteiger partial charge in [-0.25, -0.2) is 4.68 Å². The second-order valence-electron chi connectivity index (χ2n) is 7.34. The summed E-state index contributed by atoms with van der Waals surface area (Å²) in [5, 5.41) is 10.1. The van der Waals surface area contributed by atoms with E-state index in [-0.39, 0.29) is 23.0 Å². The average molecular weight is 469 g/mol. The first-order chi connectivity index (χ1) is 14.6. The predicted octanol–water partition coefficient (Wildman–Crippen LogP) is 6.41. The first-order valence-corrected chi connectivity index (χ1v) is 10.1. The van der Waals surface area contributed by atoms with Gasteiger partial charge in [-0.2, -0.15) is 18.3 Å². The Morgan fingerprint density at radius 1 is 1.13 bits per heavy atom. The van der Waals surface area contributed by atoms with E-state index in [4.69, 9.17) is 23.2 Å². The van der Waals surface area contributed by atoms with E-state index >= 15 is 0 Å². The number of carbonyl (C=O) groups excluding carboxylic acids is 1. The lowest BCUT2D eigenvalue weighted by Gasteiger charge is -2.33. The Morgan fingerprint density at radius 2 is 1.84 bits per heavy atom. The van der Waals surface area contributed by atoms with Crippen LogP contribution in [0, 0.1) is 6.92 Å². The van der Waals surface area contributed by atoms with E-state index in [9.17, 15) is 18.0 Å². The molecular weight excluding hydrogens is 452 g/mol. The summed E-state index contributed by atoms with van der Waals surface area (Å²) >= 11 is 11.8. The first-order valence-electron chi connectivity index (χ1n) is 9.37. The van der Waals surface area contributed by atoms with Crippen molar-refractivity contribution in [1.82, 2.24) is 9.78 Å². The van der Waals surface area contributed by atoms with Crippen molar-refractivity contribution in [3.05, 3.63) is 75.4 Å². The van der Waals surface area contributed by atoms with E-state index in [1.54, 1.807) is 12.1 Å². The summed E-state index contributed by atoms with van der Waals surface area (Å²) < 4.78 is 42.2. The summed E-state index contributed by atoms with van der Waals surface area (Å²) in [4.78, 5) is 12.6. The van der Waals surface area contributed by atoms with E-state index < -0.39 is 24.2 Å². The fourth-order valence-electron chi connectivity index (χ4n) is 3.47. The lowest BCUT2D eigenvalue weighted by atomic mass is 9.96. The SMILES string of the molecule is Cc1ccc([C@@H]2C[C@H](C(F)(F)F)n3nc(C(=O)Nc4ccc(Cl)c(Cl)c4)cc3N2)cc1. The van der Waals surface area contributed by atoms with Gasteiger partial charge in [-0.1, -0.05) is 53.0 Å². The molecule has 2 aromatic carbocycles. The molecule has 0 aliphatic carbocycles. The van der Waals surface area contributed by atoms with Crippen molar-refractivity contribution in [2.24, 2.45) is 0 Å². The van der Waals surface area contributed by atoms with Crippen LogP contribution in [0.1, 0.15) is 40.1 Å². The van der Waals surface area contributed by atoms with Gasteiger partial charge in [0.2, 0.25) is 0 Å². The topological polar surface area (TPSA) is 59.0 Å². The molecule has 0 saturated heterocycles. The van der Waals surface area contributed by atoms with Crippen molar-refractivity contribution < 1.29 is 18.0 Å². The molecule has 2 atom stereocenters. The van der Waals surface area contributed by atoms with E-state index in [1.165, 1.54) is 24.3 Å². The zero-order valence-corrected chi connectivity index (χ0v) is 17.7. The Bertz CT molecular complexity index is 1130. The van der Waals surface area contributed by atoms with Crippen LogP contribution in [0.4, 0.5) is 24.7 Å². The van der Waals surface area contributed by atoms with Crippen molar-refractivity contribution >= 4 is 40.6 Å². The quantitative estimate of drug-likeness (QED) is 0.466. The molecule has 0 saturated carbocycles. The molecule has 0 spiro atoms. The zero-order chi connectivity index (χ0) is 22.3. The van der Waals surface area contributed by atoms with Crippen molar-refractivity contribution in [2.75, 3.05) is 10.6 Å². The summed E-state index contributed by atoms with van der Waals surface area (Å²) in [6, 6.07) is 10.7. The Morgan fingerprint density at radius 3 is 2.48 bits per heavy atom. The number of halogens is 5. The fourth-order valence-corrected chi connectivity index (χ4v) is 3.77. The van der Waals surface area contributed by atoms with Crippen molar-refractivity contribution in [3.63, 3.8) is 0 Å². The Kier molecular flexibility index (Phi) is 5.61. The van der Waals surface area contributed by atoms with Gasteiger partial charge >= 0.3 is 6.18 Å². The van der Waals surface area contributed by atoms with E-state index in [2.05, 4.69) is 15.7 Å². The van der Waals surface area contributed by atoms with Crippen LogP contribution in [0.15, 0.2) is 48.5 Å². The minimum atomic E-state index is -4.52. The standard InChI is InChI=1S/C21H17Cl2F3N4O/c1-11-2-4-12(5-3-11)16-9-18(21(24,25)26)30-19(28-16)10-17(29-30)20(31)27-13-6-7-14(22)15(23)8-13/h2-8,10,16,18,28H,9H2,1H3,(H,27,31)/t16-,18+/m0/s1. The average Bonchev–Trinajstić information content (AvgIpc) is 3.14. The van der Waals surface area contributed by atoms with Gasteiger partial charge < -0.3 is 10.6 Å². The van der Waals surface area contributed by atoms with Crippen molar-refractivity contribution in [1.29, 1.82) is 0 Å². The second-order valence-corrected chi connectivity index (χ2v) is 8.16. The predicted molar refractivity (Wildman–Crippen MR) is 114 cm³/mol. The lowest BCUT2D eigenvalue weighted by molar-refractivity contribution is -0.173. The van der Waals surface area contributed by atoms with Crippen LogP contribution in [0.5, 0.6) is 0 Å².